The molecule has 1 atom stereocenters. The smallest absolute Gasteiger partial charge is 0.324 e. The summed E-state index contributed by atoms with van der Waals surface area (Å²) >= 11 is 0. The summed E-state index contributed by atoms with van der Waals surface area (Å²) in [4.78, 5) is 24.0. The van der Waals surface area contributed by atoms with Gasteiger partial charge in [-0.05, 0) is 37.6 Å². The third-order valence-corrected chi connectivity index (χ3v) is 3.67. The Kier molecular flexibility index (Phi) is 7.52. The molecule has 24 heavy (non-hydrogen) atoms. The van der Waals surface area contributed by atoms with Crippen LogP contribution in [0.3, 0.4) is 0 Å². The molecular formula is C19H21NO4. The number of carboxylic acids is 1. The molecule has 0 saturated carbocycles. The molecule has 0 saturated heterocycles. The van der Waals surface area contributed by atoms with Crippen molar-refractivity contribution in [1.82, 2.24) is 0 Å². The highest BCUT2D eigenvalue weighted by molar-refractivity contribution is 5.99. The highest BCUT2D eigenvalue weighted by Gasteiger charge is 2.46. The summed E-state index contributed by atoms with van der Waals surface area (Å²) < 4.78 is 4.98. The van der Waals surface area contributed by atoms with Gasteiger partial charge in [-0.25, -0.2) is 0 Å². The van der Waals surface area contributed by atoms with Crippen molar-refractivity contribution in [3.8, 4) is 17.9 Å². The van der Waals surface area contributed by atoms with Gasteiger partial charge in [0.1, 0.15) is 0 Å². The topological polar surface area (TPSA) is 87.4 Å². The van der Waals surface area contributed by atoms with Gasteiger partial charge in [0.15, 0.2) is 5.41 Å². The SMILES string of the molecule is CCCCC(CC#Cc1ccc(C#N)cc1)(C(=O)O)C(=O)OCC. The lowest BCUT2D eigenvalue weighted by atomic mass is 9.79. The zero-order valence-electron chi connectivity index (χ0n) is 14.0. The van der Waals surface area contributed by atoms with Gasteiger partial charge in [-0.15, -0.1) is 0 Å². The van der Waals surface area contributed by atoms with Crippen LogP contribution in [0.15, 0.2) is 24.3 Å². The zero-order valence-corrected chi connectivity index (χ0v) is 14.0. The van der Waals surface area contributed by atoms with Crippen LogP contribution in [0, 0.1) is 28.6 Å². The summed E-state index contributed by atoms with van der Waals surface area (Å²) in [7, 11) is 0. The van der Waals surface area contributed by atoms with E-state index in [1.807, 2.05) is 13.0 Å². The summed E-state index contributed by atoms with van der Waals surface area (Å²) in [6.07, 6.45) is 1.46. The number of nitriles is 1. The maximum absolute atomic E-state index is 12.2. The number of carboxylic acid groups (broad SMARTS) is 1. The molecule has 0 aliphatic carbocycles. The van der Waals surface area contributed by atoms with Crippen LogP contribution in [0.4, 0.5) is 0 Å². The average Bonchev–Trinajstić information content (AvgIpc) is 2.58. The van der Waals surface area contributed by atoms with Crippen molar-refractivity contribution in [1.29, 1.82) is 5.26 Å². The minimum absolute atomic E-state index is 0.110. The number of aliphatic carboxylic acids is 1. The quantitative estimate of drug-likeness (QED) is 0.472. The molecule has 0 amide bonds. The van der Waals surface area contributed by atoms with E-state index in [0.717, 1.165) is 6.42 Å². The Morgan fingerprint density at radius 3 is 2.33 bits per heavy atom. The summed E-state index contributed by atoms with van der Waals surface area (Å²) in [5.41, 5.74) is -0.450. The lowest BCUT2D eigenvalue weighted by Crippen LogP contribution is -2.40. The molecule has 0 fully saturated rings. The molecule has 0 aromatic heterocycles. The number of benzene rings is 1. The first-order valence-electron chi connectivity index (χ1n) is 7.89. The van der Waals surface area contributed by atoms with Gasteiger partial charge in [-0.2, -0.15) is 5.26 Å². The van der Waals surface area contributed by atoms with Crippen LogP contribution in [-0.2, 0) is 14.3 Å². The zero-order chi connectivity index (χ0) is 18.0. The van der Waals surface area contributed by atoms with Crippen LogP contribution in [0.25, 0.3) is 0 Å². The fourth-order valence-electron chi connectivity index (χ4n) is 2.21. The third kappa shape index (κ3) is 4.86. The van der Waals surface area contributed by atoms with Gasteiger partial charge >= 0.3 is 11.9 Å². The van der Waals surface area contributed by atoms with Crippen molar-refractivity contribution < 1.29 is 19.4 Å². The van der Waals surface area contributed by atoms with Crippen LogP contribution in [0.1, 0.15) is 50.7 Å². The van der Waals surface area contributed by atoms with Gasteiger partial charge in [0.2, 0.25) is 0 Å². The molecule has 0 radical (unpaired) electrons. The fourth-order valence-corrected chi connectivity index (χ4v) is 2.21. The molecule has 0 heterocycles. The molecule has 5 nitrogen and oxygen atoms in total. The number of carbonyl (C=O) groups is 2. The summed E-state index contributed by atoms with van der Waals surface area (Å²) in [6.45, 7) is 3.70. The van der Waals surface area contributed by atoms with Crippen molar-refractivity contribution in [2.45, 2.75) is 39.5 Å². The highest BCUT2D eigenvalue weighted by Crippen LogP contribution is 2.31. The Hall–Kier alpha value is -2.79. The predicted molar refractivity (Wildman–Crippen MR) is 88.9 cm³/mol. The molecular weight excluding hydrogens is 306 g/mol. The molecule has 0 spiro atoms. The van der Waals surface area contributed by atoms with Crippen LogP contribution < -0.4 is 0 Å². The van der Waals surface area contributed by atoms with Crippen molar-refractivity contribution in [3.05, 3.63) is 35.4 Å². The van der Waals surface area contributed by atoms with Crippen molar-refractivity contribution in [3.63, 3.8) is 0 Å². The number of carbonyl (C=O) groups excluding carboxylic acids is 1. The van der Waals surface area contributed by atoms with E-state index in [-0.39, 0.29) is 19.4 Å². The Labute approximate surface area is 142 Å². The van der Waals surface area contributed by atoms with Crippen molar-refractivity contribution in [2.75, 3.05) is 6.61 Å². The van der Waals surface area contributed by atoms with E-state index in [1.165, 1.54) is 0 Å². The molecule has 0 bridgehead atoms. The molecule has 0 aliphatic heterocycles. The van der Waals surface area contributed by atoms with E-state index in [2.05, 4.69) is 11.8 Å². The molecule has 126 valence electrons. The number of hydrogen-bond acceptors (Lipinski definition) is 4. The van der Waals surface area contributed by atoms with Gasteiger partial charge < -0.3 is 9.84 Å². The number of hydrogen-bond donors (Lipinski definition) is 1. The minimum atomic E-state index is -1.63. The number of esters is 1. The van der Waals surface area contributed by atoms with E-state index in [1.54, 1.807) is 31.2 Å². The lowest BCUT2D eigenvalue weighted by molar-refractivity contribution is -0.169. The van der Waals surface area contributed by atoms with Gasteiger partial charge in [-0.3, -0.25) is 9.59 Å². The Morgan fingerprint density at radius 1 is 1.21 bits per heavy atom. The highest BCUT2D eigenvalue weighted by atomic mass is 16.5. The number of rotatable bonds is 7. The van der Waals surface area contributed by atoms with Gasteiger partial charge in [0.05, 0.1) is 18.2 Å². The van der Waals surface area contributed by atoms with E-state index < -0.39 is 17.4 Å². The van der Waals surface area contributed by atoms with E-state index >= 15 is 0 Å². The third-order valence-electron chi connectivity index (χ3n) is 3.67. The van der Waals surface area contributed by atoms with Gasteiger partial charge in [0, 0.05) is 12.0 Å². The molecule has 1 aromatic carbocycles. The van der Waals surface area contributed by atoms with Crippen LogP contribution >= 0.6 is 0 Å². The Bertz CT molecular complexity index is 676. The van der Waals surface area contributed by atoms with Crippen molar-refractivity contribution in [2.24, 2.45) is 5.41 Å². The second-order valence-corrected chi connectivity index (χ2v) is 5.38. The van der Waals surface area contributed by atoms with Crippen LogP contribution in [-0.4, -0.2) is 23.7 Å². The van der Waals surface area contributed by atoms with E-state index in [0.29, 0.717) is 17.5 Å². The standard InChI is InChI=1S/C19H21NO4/c1-3-5-12-19(17(21)22,18(23)24-4-2)13-6-7-15-8-10-16(14-20)11-9-15/h8-11H,3-5,12-13H2,1-2H3,(H,21,22). The molecule has 0 aliphatic rings. The number of unbranched alkanes of at least 4 members (excludes halogenated alkanes) is 1. The molecule has 1 unspecified atom stereocenters. The monoisotopic (exact) mass is 327 g/mol. The predicted octanol–water partition coefficient (Wildman–Crippen LogP) is 3.12. The van der Waals surface area contributed by atoms with E-state index in [9.17, 15) is 14.7 Å². The lowest BCUT2D eigenvalue weighted by Gasteiger charge is -2.24. The van der Waals surface area contributed by atoms with E-state index in [4.69, 9.17) is 10.00 Å². The average molecular weight is 327 g/mol. The number of nitrogens with zero attached hydrogens (tertiary/aromatic N) is 1. The van der Waals surface area contributed by atoms with Crippen molar-refractivity contribution >= 4 is 11.9 Å². The maximum atomic E-state index is 12.2. The maximum Gasteiger partial charge on any atom is 0.324 e. The second-order valence-electron chi connectivity index (χ2n) is 5.38. The fraction of sp³-hybridized carbons (Fsp3) is 0.421. The molecule has 1 aromatic rings. The Balaban J connectivity index is 3.03. The van der Waals surface area contributed by atoms with Crippen LogP contribution in [0.2, 0.25) is 0 Å². The van der Waals surface area contributed by atoms with Gasteiger partial charge in [0.25, 0.3) is 0 Å². The largest absolute Gasteiger partial charge is 0.480 e. The first-order chi connectivity index (χ1) is 11.5. The first kappa shape index (κ1) is 19.3. The normalized spacial score (nSPS) is 12.2. The number of ether oxygens (including phenoxy) is 1. The Morgan fingerprint density at radius 2 is 1.83 bits per heavy atom. The van der Waals surface area contributed by atoms with Crippen LogP contribution in [0.5, 0.6) is 0 Å². The first-order valence-corrected chi connectivity index (χ1v) is 7.89. The van der Waals surface area contributed by atoms with Gasteiger partial charge in [-0.1, -0.05) is 31.6 Å². The molecule has 5 heteroatoms. The summed E-state index contributed by atoms with van der Waals surface area (Å²) in [5.74, 6) is 3.70. The summed E-state index contributed by atoms with van der Waals surface area (Å²) in [5, 5.41) is 18.4. The molecule has 1 N–H and O–H groups in total. The molecule has 1 rings (SSSR count). The minimum Gasteiger partial charge on any atom is -0.480 e. The second kappa shape index (κ2) is 9.37. The summed E-state index contributed by atoms with van der Waals surface area (Å²) in [6, 6.07) is 8.66.